The highest BCUT2D eigenvalue weighted by atomic mass is 32.3. The molecule has 1 aliphatic heterocycles. The minimum absolute atomic E-state index is 0.0279. The fourth-order valence-corrected chi connectivity index (χ4v) is 7.35. The van der Waals surface area contributed by atoms with Gasteiger partial charge in [0.15, 0.2) is 6.29 Å². The van der Waals surface area contributed by atoms with E-state index in [9.17, 15) is 28.5 Å². The van der Waals surface area contributed by atoms with Crippen LogP contribution in [0.5, 0.6) is 0 Å². The van der Waals surface area contributed by atoms with Crippen LogP contribution < -0.4 is 0 Å². The topological polar surface area (TPSA) is 178 Å². The molecule has 354 valence electrons. The molecule has 1 saturated heterocycles. The summed E-state index contributed by atoms with van der Waals surface area (Å²) in [7, 11) is -5.06. The molecular weight excluding hydrogens is 801 g/mol. The SMILES string of the molecule is CC/C=C\C/C=C\C/C=C\C/C=C\CCCCCCCCCCCCC(=O)OC(COCCCCCCCC/C=C\CCC)COC1OC(CO)C(O)C(OS(=O)(=O)O)C1O. The quantitative estimate of drug-likeness (QED) is 0.0198. The summed E-state index contributed by atoms with van der Waals surface area (Å²) < 4.78 is 59.0. The highest BCUT2D eigenvalue weighted by Crippen LogP contribution is 2.26. The lowest BCUT2D eigenvalue weighted by Gasteiger charge is -2.41. The number of hydrogen-bond donors (Lipinski definition) is 4. The van der Waals surface area contributed by atoms with E-state index in [-0.39, 0.29) is 19.6 Å². The monoisotopic (exact) mass is 885 g/mol. The van der Waals surface area contributed by atoms with Crippen LogP contribution in [0.25, 0.3) is 0 Å². The zero-order valence-corrected chi connectivity index (χ0v) is 38.5. The lowest BCUT2D eigenvalue weighted by Crippen LogP contribution is -2.60. The number of aliphatic hydroxyl groups excluding tert-OH is 3. The normalized spacial score (nSPS) is 20.7. The molecule has 6 unspecified atom stereocenters. The van der Waals surface area contributed by atoms with Crippen LogP contribution in [0.15, 0.2) is 60.8 Å². The summed E-state index contributed by atoms with van der Waals surface area (Å²) in [5, 5.41) is 30.7. The lowest BCUT2D eigenvalue weighted by molar-refractivity contribution is -0.301. The van der Waals surface area contributed by atoms with E-state index in [4.69, 9.17) is 23.5 Å². The molecule has 0 spiro atoms. The average Bonchev–Trinajstić information content (AvgIpc) is 3.23. The number of rotatable bonds is 40. The molecule has 4 N–H and O–H groups in total. The number of hydrogen-bond acceptors (Lipinski definition) is 11. The number of allylic oxidation sites excluding steroid dienone is 10. The van der Waals surface area contributed by atoms with Crippen molar-refractivity contribution in [2.75, 3.05) is 26.4 Å². The van der Waals surface area contributed by atoms with Crippen LogP contribution in [0.4, 0.5) is 0 Å². The van der Waals surface area contributed by atoms with Crippen LogP contribution in [0, 0.1) is 0 Å². The van der Waals surface area contributed by atoms with Crippen molar-refractivity contribution in [1.82, 2.24) is 0 Å². The van der Waals surface area contributed by atoms with Gasteiger partial charge in [0.1, 0.15) is 30.5 Å². The van der Waals surface area contributed by atoms with Crippen LogP contribution in [0.1, 0.15) is 174 Å². The molecule has 0 aromatic rings. The summed E-state index contributed by atoms with van der Waals surface area (Å²) >= 11 is 0. The van der Waals surface area contributed by atoms with E-state index < -0.39 is 59.8 Å². The zero-order valence-electron chi connectivity index (χ0n) is 37.7. The first-order valence-corrected chi connectivity index (χ1v) is 24.9. The summed E-state index contributed by atoms with van der Waals surface area (Å²) in [5.74, 6) is -0.409. The van der Waals surface area contributed by atoms with Gasteiger partial charge in [0, 0.05) is 13.0 Å². The van der Waals surface area contributed by atoms with Crippen molar-refractivity contribution in [2.24, 2.45) is 0 Å². The van der Waals surface area contributed by atoms with Gasteiger partial charge in [-0.3, -0.25) is 9.35 Å². The van der Waals surface area contributed by atoms with Gasteiger partial charge in [-0.05, 0) is 70.6 Å². The van der Waals surface area contributed by atoms with Gasteiger partial charge in [0.2, 0.25) is 0 Å². The Morgan fingerprint density at radius 2 is 1.13 bits per heavy atom. The molecule has 1 fully saturated rings. The van der Waals surface area contributed by atoms with E-state index in [1.807, 2.05) is 0 Å². The van der Waals surface area contributed by atoms with Crippen molar-refractivity contribution in [2.45, 2.75) is 211 Å². The van der Waals surface area contributed by atoms with E-state index in [0.29, 0.717) is 13.0 Å². The first-order valence-electron chi connectivity index (χ1n) is 23.5. The van der Waals surface area contributed by atoms with Crippen LogP contribution in [-0.4, -0.2) is 97.5 Å². The third-order valence-corrected chi connectivity index (χ3v) is 10.8. The number of esters is 1. The summed E-state index contributed by atoms with van der Waals surface area (Å²) in [6, 6.07) is 0. The van der Waals surface area contributed by atoms with Crippen molar-refractivity contribution in [3.8, 4) is 0 Å². The average molecular weight is 885 g/mol. The molecule has 1 rings (SSSR count). The standard InChI is InChI=1S/C48H84O12S/c1-3-5-7-9-11-13-15-16-17-18-19-20-21-22-23-24-25-26-27-29-31-33-35-37-44(50)58-42(40-56-38-36-34-32-30-28-14-12-10-8-6-4-2)41-57-48-46(52)47(60-61(53,54)55)45(51)43(39-49)59-48/h5,7-8,10-11,13,16-17,19-20,42-43,45-49,51-52H,3-4,6,9,12,14-15,18,21-41H2,1-2H3,(H,53,54,55)/b7-5-,10-8-,13-11-,17-16-,20-19-. The predicted octanol–water partition coefficient (Wildman–Crippen LogP) is 10.1. The van der Waals surface area contributed by atoms with Gasteiger partial charge >= 0.3 is 16.4 Å². The molecule has 61 heavy (non-hydrogen) atoms. The molecule has 1 heterocycles. The molecule has 1 aliphatic rings. The molecule has 0 bridgehead atoms. The van der Waals surface area contributed by atoms with Gasteiger partial charge < -0.3 is 34.3 Å². The smallest absolute Gasteiger partial charge is 0.397 e. The van der Waals surface area contributed by atoms with E-state index in [2.05, 4.69) is 78.8 Å². The van der Waals surface area contributed by atoms with Crippen LogP contribution in [-0.2, 0) is 38.3 Å². The molecule has 12 nitrogen and oxygen atoms in total. The Bertz CT molecular complexity index is 1300. The highest BCUT2D eigenvalue weighted by molar-refractivity contribution is 7.80. The van der Waals surface area contributed by atoms with Gasteiger partial charge in [0.25, 0.3) is 0 Å². The van der Waals surface area contributed by atoms with E-state index in [1.165, 1.54) is 64.2 Å². The molecule has 0 aromatic carbocycles. The van der Waals surface area contributed by atoms with Crippen molar-refractivity contribution in [3.63, 3.8) is 0 Å². The second-order valence-electron chi connectivity index (χ2n) is 16.0. The second-order valence-corrected chi connectivity index (χ2v) is 17.0. The van der Waals surface area contributed by atoms with Crippen molar-refractivity contribution < 1.29 is 56.2 Å². The Kier molecular flexibility index (Phi) is 36.7. The maximum Gasteiger partial charge on any atom is 0.397 e. The fourth-order valence-electron chi connectivity index (χ4n) is 6.84. The predicted molar refractivity (Wildman–Crippen MR) is 243 cm³/mol. The van der Waals surface area contributed by atoms with Gasteiger partial charge in [-0.2, -0.15) is 8.42 Å². The molecule has 6 atom stereocenters. The molecule has 0 aliphatic carbocycles. The summed E-state index contributed by atoms with van der Waals surface area (Å²) in [6.07, 6.45) is 39.7. The maximum atomic E-state index is 12.9. The van der Waals surface area contributed by atoms with Crippen molar-refractivity contribution in [3.05, 3.63) is 60.8 Å². The van der Waals surface area contributed by atoms with Gasteiger partial charge in [-0.25, -0.2) is 4.18 Å². The third kappa shape index (κ3) is 33.0. The van der Waals surface area contributed by atoms with E-state index in [0.717, 1.165) is 83.5 Å². The lowest BCUT2D eigenvalue weighted by atomic mass is 9.99. The van der Waals surface area contributed by atoms with Crippen molar-refractivity contribution in [1.29, 1.82) is 0 Å². The van der Waals surface area contributed by atoms with Gasteiger partial charge in [-0.15, -0.1) is 0 Å². The number of carbonyl (C=O) groups excluding carboxylic acids is 1. The molecule has 13 heteroatoms. The summed E-state index contributed by atoms with van der Waals surface area (Å²) in [4.78, 5) is 12.9. The van der Waals surface area contributed by atoms with E-state index in [1.54, 1.807) is 0 Å². The molecular formula is C48H84O12S. The Morgan fingerprint density at radius 3 is 1.67 bits per heavy atom. The number of aliphatic hydroxyl groups is 3. The highest BCUT2D eigenvalue weighted by Gasteiger charge is 2.48. The maximum absolute atomic E-state index is 12.9. The van der Waals surface area contributed by atoms with Crippen LogP contribution >= 0.6 is 0 Å². The number of carbonyl (C=O) groups is 1. The Balaban J connectivity index is 2.35. The minimum Gasteiger partial charge on any atom is -0.457 e. The molecule has 0 saturated carbocycles. The zero-order chi connectivity index (χ0) is 44.7. The Morgan fingerprint density at radius 1 is 0.639 bits per heavy atom. The van der Waals surface area contributed by atoms with Crippen molar-refractivity contribution >= 4 is 16.4 Å². The molecule has 0 aromatic heterocycles. The Labute approximate surface area is 369 Å². The first kappa shape index (κ1) is 56.8. The van der Waals surface area contributed by atoms with Crippen LogP contribution in [0.2, 0.25) is 0 Å². The summed E-state index contributed by atoms with van der Waals surface area (Å²) in [6.45, 7) is 3.79. The molecule has 0 radical (unpaired) electrons. The van der Waals surface area contributed by atoms with Gasteiger partial charge in [-0.1, -0.05) is 158 Å². The molecule has 0 amide bonds. The Hall–Kier alpha value is -2.20. The largest absolute Gasteiger partial charge is 0.457 e. The second kappa shape index (κ2) is 39.4. The number of ether oxygens (including phenoxy) is 4. The van der Waals surface area contributed by atoms with Gasteiger partial charge in [0.05, 0.1) is 19.8 Å². The fraction of sp³-hybridized carbons (Fsp3) is 0.771. The summed E-state index contributed by atoms with van der Waals surface area (Å²) in [5.41, 5.74) is 0. The minimum atomic E-state index is -5.06. The van der Waals surface area contributed by atoms with E-state index >= 15 is 0 Å². The number of unbranched alkanes of at least 4 members (excludes halogenated alkanes) is 17. The van der Waals surface area contributed by atoms with Crippen LogP contribution in [0.3, 0.4) is 0 Å². The first-order chi connectivity index (χ1) is 29.6. The third-order valence-electron chi connectivity index (χ3n) is 10.4.